The maximum Gasteiger partial charge on any atom is 0.280 e. The minimum absolute atomic E-state index is 0.329. The predicted octanol–water partition coefficient (Wildman–Crippen LogP) is 1.25. The standard InChI is InChI=1S/C12H9N7O/c1-7-10-11(17-15-7)12(14-6-13-10)20-19-9-5-3-2-4-8(9)16-18-19/h2-6H,1H3,(H,15,17). The first-order valence-electron chi connectivity index (χ1n) is 5.97. The smallest absolute Gasteiger partial charge is 0.280 e. The molecule has 0 unspecified atom stereocenters. The normalized spacial score (nSPS) is 11.2. The minimum Gasteiger partial charge on any atom is -0.333 e. The molecule has 3 heterocycles. The topological polar surface area (TPSA) is 94.4 Å². The van der Waals surface area contributed by atoms with E-state index in [0.717, 1.165) is 22.2 Å². The Hall–Kier alpha value is -3.03. The van der Waals surface area contributed by atoms with Gasteiger partial charge in [-0.15, -0.1) is 5.10 Å². The van der Waals surface area contributed by atoms with Crippen LogP contribution in [0.25, 0.3) is 22.1 Å². The van der Waals surface area contributed by atoms with Gasteiger partial charge in [0.05, 0.1) is 5.69 Å². The molecule has 0 amide bonds. The summed E-state index contributed by atoms with van der Waals surface area (Å²) in [7, 11) is 0. The number of hydrogen-bond acceptors (Lipinski definition) is 6. The molecule has 3 aromatic heterocycles. The zero-order chi connectivity index (χ0) is 13.5. The third kappa shape index (κ3) is 1.51. The molecule has 0 bridgehead atoms. The number of fused-ring (bicyclic) bond motifs is 2. The largest absolute Gasteiger partial charge is 0.333 e. The Morgan fingerprint density at radius 3 is 3.00 bits per heavy atom. The highest BCUT2D eigenvalue weighted by atomic mass is 16.7. The molecule has 98 valence electrons. The van der Waals surface area contributed by atoms with E-state index < -0.39 is 0 Å². The van der Waals surface area contributed by atoms with Crippen LogP contribution in [0.2, 0.25) is 0 Å². The van der Waals surface area contributed by atoms with E-state index in [0.29, 0.717) is 11.4 Å². The van der Waals surface area contributed by atoms with Crippen molar-refractivity contribution in [1.82, 2.24) is 35.3 Å². The Balaban J connectivity index is 1.85. The van der Waals surface area contributed by atoms with Crippen molar-refractivity contribution in [3.05, 3.63) is 36.3 Å². The lowest BCUT2D eigenvalue weighted by molar-refractivity contribution is 0.178. The van der Waals surface area contributed by atoms with Crippen LogP contribution in [0.15, 0.2) is 30.6 Å². The van der Waals surface area contributed by atoms with Crippen LogP contribution in [0.5, 0.6) is 5.88 Å². The average molecular weight is 267 g/mol. The summed E-state index contributed by atoms with van der Waals surface area (Å²) < 4.78 is 0. The van der Waals surface area contributed by atoms with Gasteiger partial charge in [-0.05, 0) is 24.3 Å². The van der Waals surface area contributed by atoms with E-state index in [4.69, 9.17) is 4.84 Å². The fourth-order valence-electron chi connectivity index (χ4n) is 1.99. The van der Waals surface area contributed by atoms with Gasteiger partial charge >= 0.3 is 0 Å². The maximum atomic E-state index is 5.67. The highest BCUT2D eigenvalue weighted by molar-refractivity contribution is 5.81. The second-order valence-corrected chi connectivity index (χ2v) is 4.27. The number of benzene rings is 1. The monoisotopic (exact) mass is 267 g/mol. The molecule has 0 fully saturated rings. The lowest BCUT2D eigenvalue weighted by Crippen LogP contribution is -2.08. The number of hydrogen-bond donors (Lipinski definition) is 1. The van der Waals surface area contributed by atoms with Crippen LogP contribution in [0, 0.1) is 6.92 Å². The van der Waals surface area contributed by atoms with Crippen molar-refractivity contribution in [1.29, 1.82) is 0 Å². The summed E-state index contributed by atoms with van der Waals surface area (Å²) in [4.78, 5) is 15.2. The Bertz CT molecular complexity index is 910. The summed E-state index contributed by atoms with van der Waals surface area (Å²) in [5.41, 5.74) is 3.64. The van der Waals surface area contributed by atoms with Crippen LogP contribution < -0.4 is 4.84 Å². The van der Waals surface area contributed by atoms with Crippen molar-refractivity contribution in [2.45, 2.75) is 6.92 Å². The average Bonchev–Trinajstić information content (AvgIpc) is 3.05. The van der Waals surface area contributed by atoms with Crippen LogP contribution in [0.1, 0.15) is 5.69 Å². The van der Waals surface area contributed by atoms with Crippen molar-refractivity contribution in [3.8, 4) is 5.88 Å². The van der Waals surface area contributed by atoms with Crippen molar-refractivity contribution in [2.24, 2.45) is 0 Å². The van der Waals surface area contributed by atoms with E-state index in [2.05, 4.69) is 30.5 Å². The Morgan fingerprint density at radius 2 is 2.05 bits per heavy atom. The Kier molecular flexibility index (Phi) is 2.16. The summed E-state index contributed by atoms with van der Waals surface area (Å²) in [6.07, 6.45) is 1.43. The molecule has 0 radical (unpaired) electrons. The van der Waals surface area contributed by atoms with Crippen molar-refractivity contribution < 1.29 is 4.84 Å². The van der Waals surface area contributed by atoms with Crippen LogP contribution in [-0.2, 0) is 0 Å². The maximum absolute atomic E-state index is 5.67. The van der Waals surface area contributed by atoms with Gasteiger partial charge in [0.2, 0.25) is 0 Å². The van der Waals surface area contributed by atoms with E-state index in [-0.39, 0.29) is 0 Å². The highest BCUT2D eigenvalue weighted by Gasteiger charge is 2.13. The van der Waals surface area contributed by atoms with Gasteiger partial charge in [-0.25, -0.2) is 4.98 Å². The molecule has 0 saturated carbocycles. The minimum atomic E-state index is 0.329. The number of aromatic nitrogens is 7. The molecule has 8 nitrogen and oxygen atoms in total. The predicted molar refractivity (Wildman–Crippen MR) is 70.0 cm³/mol. The van der Waals surface area contributed by atoms with Crippen molar-refractivity contribution in [3.63, 3.8) is 0 Å². The number of aryl methyl sites for hydroxylation is 1. The number of H-pyrrole nitrogens is 1. The number of para-hydroxylation sites is 1. The Labute approximate surface area is 112 Å². The number of aromatic amines is 1. The van der Waals surface area contributed by atoms with Gasteiger partial charge in [0.25, 0.3) is 5.88 Å². The van der Waals surface area contributed by atoms with Crippen LogP contribution in [0.3, 0.4) is 0 Å². The number of nitrogens with zero attached hydrogens (tertiary/aromatic N) is 6. The molecule has 20 heavy (non-hydrogen) atoms. The van der Waals surface area contributed by atoms with Gasteiger partial charge in [-0.2, -0.15) is 10.1 Å². The second kappa shape index (κ2) is 3.98. The molecule has 1 aromatic carbocycles. The molecule has 0 spiro atoms. The molecule has 4 aromatic rings. The number of nitrogens with one attached hydrogen (secondary N) is 1. The number of rotatable bonds is 2. The van der Waals surface area contributed by atoms with Gasteiger partial charge in [0, 0.05) is 0 Å². The van der Waals surface area contributed by atoms with Crippen molar-refractivity contribution >= 4 is 22.1 Å². The van der Waals surface area contributed by atoms with Gasteiger partial charge in [-0.3, -0.25) is 5.10 Å². The third-order valence-corrected chi connectivity index (χ3v) is 2.97. The van der Waals surface area contributed by atoms with Crippen LogP contribution >= 0.6 is 0 Å². The molecule has 1 N–H and O–H groups in total. The van der Waals surface area contributed by atoms with E-state index in [9.17, 15) is 0 Å². The summed E-state index contributed by atoms with van der Waals surface area (Å²) in [5, 5.41) is 15.0. The zero-order valence-corrected chi connectivity index (χ0v) is 10.5. The lowest BCUT2D eigenvalue weighted by Gasteiger charge is -2.03. The highest BCUT2D eigenvalue weighted by Crippen LogP contribution is 2.21. The zero-order valence-electron chi connectivity index (χ0n) is 10.5. The summed E-state index contributed by atoms with van der Waals surface area (Å²) in [6, 6.07) is 7.50. The third-order valence-electron chi connectivity index (χ3n) is 2.97. The van der Waals surface area contributed by atoms with Gasteiger partial charge in [0.15, 0.2) is 5.52 Å². The van der Waals surface area contributed by atoms with E-state index >= 15 is 0 Å². The molecule has 0 aliphatic heterocycles. The molecule has 0 saturated heterocycles. The molecule has 8 heteroatoms. The fraction of sp³-hybridized carbons (Fsp3) is 0.0833. The molecule has 4 rings (SSSR count). The van der Waals surface area contributed by atoms with Crippen molar-refractivity contribution in [2.75, 3.05) is 0 Å². The lowest BCUT2D eigenvalue weighted by atomic mass is 10.3. The second-order valence-electron chi connectivity index (χ2n) is 4.27. The quantitative estimate of drug-likeness (QED) is 0.587. The molecule has 0 atom stereocenters. The summed E-state index contributed by atoms with van der Waals surface area (Å²) in [6.45, 7) is 1.89. The van der Waals surface area contributed by atoms with Crippen LogP contribution in [0.4, 0.5) is 0 Å². The van der Waals surface area contributed by atoms with Gasteiger partial charge in [-0.1, -0.05) is 17.0 Å². The van der Waals surface area contributed by atoms with Crippen LogP contribution in [-0.4, -0.2) is 35.3 Å². The SMILES string of the molecule is Cc1[nH]nc2c(On3nnc4ccccc43)ncnc12. The molecule has 0 aliphatic rings. The first-order valence-corrected chi connectivity index (χ1v) is 5.97. The molecular formula is C12H9N7O. The van der Waals surface area contributed by atoms with Gasteiger partial charge < -0.3 is 4.84 Å². The molecular weight excluding hydrogens is 258 g/mol. The van der Waals surface area contributed by atoms with Gasteiger partial charge in [0.1, 0.15) is 22.9 Å². The van der Waals surface area contributed by atoms with E-state index in [1.807, 2.05) is 31.2 Å². The first-order chi connectivity index (χ1) is 9.83. The summed E-state index contributed by atoms with van der Waals surface area (Å²) >= 11 is 0. The fourth-order valence-corrected chi connectivity index (χ4v) is 1.99. The van der Waals surface area contributed by atoms with E-state index in [1.54, 1.807) is 0 Å². The first kappa shape index (κ1) is 10.9. The summed E-state index contributed by atoms with van der Waals surface area (Å²) in [5.74, 6) is 0.329. The van der Waals surface area contributed by atoms with E-state index in [1.165, 1.54) is 11.2 Å². The molecule has 0 aliphatic carbocycles. The Morgan fingerprint density at radius 1 is 1.15 bits per heavy atom.